The van der Waals surface area contributed by atoms with Crippen LogP contribution in [0.5, 0.6) is 17.4 Å². The molecule has 15 nitrogen and oxygen atoms in total. The monoisotopic (exact) mass is 892 g/mol. The van der Waals surface area contributed by atoms with Crippen molar-refractivity contribution >= 4 is 51.3 Å². The first-order chi connectivity index (χ1) is 29.0. The standard InChI is InChI=1S/C43H56F3N5O10S/c1-9-59-28-14-15-30-31(19-28)34(58-8)22-47-36(30)60-29-20-33-35(52)48-42(38(54)49-62(56,57)41(6)16-17-41)21-27(42)13-11-10-12-25(2)18-26(3)32(37(53)51(33)23-29)24-50(7)39(55)61-40(4,5)43(44,45)46/h11,13-15,19,22,25-27,29,32-33H,7,9-10,12,16-18,20-21,23-24H2,1-6,8H3,(H-,48,49,52,54)/p+1. The largest absolute Gasteiger partial charge is 0.596 e. The van der Waals surface area contributed by atoms with Gasteiger partial charge >= 0.3 is 12.3 Å². The Kier molecular flexibility index (Phi) is 13.0. The average Bonchev–Trinajstić information content (AvgIpc) is 4.07. The summed E-state index contributed by atoms with van der Waals surface area (Å²) in [7, 11) is -2.59. The number of sulfonamides is 1. The summed E-state index contributed by atoms with van der Waals surface area (Å²) in [5.74, 6) is -3.12. The summed E-state index contributed by atoms with van der Waals surface area (Å²) in [6, 6.07) is 3.98. The lowest BCUT2D eigenvalue weighted by Crippen LogP contribution is -2.58. The average molecular weight is 893 g/mol. The number of pyridine rings is 1. The fourth-order valence-electron chi connectivity index (χ4n) is 8.21. The Hall–Kier alpha value is -4.94. The minimum atomic E-state index is -4.89. The lowest BCUT2D eigenvalue weighted by molar-refractivity contribution is -0.455. The molecule has 2 aromatic rings. The third-order valence-corrected chi connectivity index (χ3v) is 14.9. The molecule has 3 fully saturated rings. The maximum Gasteiger partial charge on any atom is 0.596 e. The van der Waals surface area contributed by atoms with Crippen molar-refractivity contribution < 1.29 is 64.3 Å². The van der Waals surface area contributed by atoms with E-state index in [1.807, 2.05) is 19.9 Å². The van der Waals surface area contributed by atoms with Crippen molar-refractivity contribution in [3.8, 4) is 17.4 Å². The van der Waals surface area contributed by atoms with E-state index < -0.39 is 92.3 Å². The number of nitrogens with one attached hydrogen (secondary N) is 2. The van der Waals surface area contributed by atoms with Crippen molar-refractivity contribution in [3.63, 3.8) is 0 Å². The van der Waals surface area contributed by atoms with Crippen molar-refractivity contribution in [1.82, 2.24) is 19.9 Å². The molecule has 2 aliphatic heterocycles. The van der Waals surface area contributed by atoms with Crippen molar-refractivity contribution in [1.29, 1.82) is 0 Å². The molecule has 2 aliphatic carbocycles. The van der Waals surface area contributed by atoms with Crippen LogP contribution in [0.3, 0.4) is 0 Å². The number of carbonyl (C=O) groups is 4. The van der Waals surface area contributed by atoms with Gasteiger partial charge in [0.25, 0.3) is 5.91 Å². The highest BCUT2D eigenvalue weighted by Gasteiger charge is 2.63. The lowest BCUT2D eigenvalue weighted by atomic mass is 9.83. The number of amides is 4. The number of allylic oxidation sites excluding steroid dienone is 1. The van der Waals surface area contributed by atoms with Crippen LogP contribution < -0.4 is 24.2 Å². The number of halogens is 3. The minimum Gasteiger partial charge on any atom is -0.494 e. The number of hydrogen-bond acceptors (Lipinski definition) is 11. The maximum atomic E-state index is 15.0. The van der Waals surface area contributed by atoms with Gasteiger partial charge in [0.1, 0.15) is 35.9 Å². The lowest BCUT2D eigenvalue weighted by Gasteiger charge is -2.31. The molecule has 1 aromatic heterocycles. The Morgan fingerprint density at radius 1 is 1.13 bits per heavy atom. The summed E-state index contributed by atoms with van der Waals surface area (Å²) in [5.41, 5.74) is -4.49. The van der Waals surface area contributed by atoms with E-state index >= 15 is 4.79 Å². The van der Waals surface area contributed by atoms with Crippen LogP contribution >= 0.6 is 0 Å². The van der Waals surface area contributed by atoms with Crippen LogP contribution in [-0.2, 0) is 29.1 Å². The highest BCUT2D eigenvalue weighted by molar-refractivity contribution is 7.91. The number of nitrogens with zero attached hydrogens (tertiary/aromatic N) is 3. The van der Waals surface area contributed by atoms with Crippen LogP contribution in [0.2, 0.25) is 0 Å². The van der Waals surface area contributed by atoms with Crippen molar-refractivity contribution in [2.75, 3.05) is 26.8 Å². The SMILES string of the molecule is C=[N+](CC1C(=O)N2CC(Oc3ncc(OC)c4cc(OCC)ccc34)CC2C(=O)NC2(C(=O)NS(=O)(=O)C3(C)CC3)CC2C=CCCC(C)CC1C)C(=O)OC(C)(C)C(F)(F)F. The zero-order valence-corrected chi connectivity index (χ0v) is 37.0. The Morgan fingerprint density at radius 3 is 2.48 bits per heavy atom. The van der Waals surface area contributed by atoms with Gasteiger partial charge < -0.3 is 29.2 Å². The Morgan fingerprint density at radius 2 is 1.84 bits per heavy atom. The zero-order valence-electron chi connectivity index (χ0n) is 36.2. The molecule has 6 rings (SSSR count). The van der Waals surface area contributed by atoms with Gasteiger partial charge in [-0.15, -0.1) is 4.58 Å². The van der Waals surface area contributed by atoms with E-state index in [1.54, 1.807) is 38.1 Å². The van der Waals surface area contributed by atoms with Crippen molar-refractivity contribution in [3.05, 3.63) is 36.5 Å². The first kappa shape index (κ1) is 46.6. The summed E-state index contributed by atoms with van der Waals surface area (Å²) in [6.45, 7) is 12.1. The molecule has 0 bridgehead atoms. The van der Waals surface area contributed by atoms with Crippen molar-refractivity contribution in [2.24, 2.45) is 23.7 Å². The van der Waals surface area contributed by atoms with Crippen LogP contribution in [0.4, 0.5) is 18.0 Å². The van der Waals surface area contributed by atoms with E-state index in [1.165, 1.54) is 18.2 Å². The number of alkyl halides is 3. The number of methoxy groups -OCH3 is 1. The minimum absolute atomic E-state index is 0.0176. The molecule has 7 unspecified atom stereocenters. The molecule has 2 saturated carbocycles. The molecule has 3 heterocycles. The summed E-state index contributed by atoms with van der Waals surface area (Å²) < 4.78 is 92.0. The number of carbonyl (C=O) groups excluding carboxylic acids is 4. The third-order valence-electron chi connectivity index (χ3n) is 12.7. The molecule has 340 valence electrons. The maximum absolute atomic E-state index is 15.0. The smallest absolute Gasteiger partial charge is 0.494 e. The van der Waals surface area contributed by atoms with Crippen LogP contribution in [0, 0.1) is 23.7 Å². The summed E-state index contributed by atoms with van der Waals surface area (Å²) in [6.07, 6.45) is 0.479. The van der Waals surface area contributed by atoms with E-state index in [0.29, 0.717) is 79.4 Å². The Labute approximate surface area is 359 Å². The second-order valence-corrected chi connectivity index (χ2v) is 20.1. The molecule has 2 N–H and O–H groups in total. The van der Waals surface area contributed by atoms with Crippen LogP contribution in [0.1, 0.15) is 86.5 Å². The predicted octanol–water partition coefficient (Wildman–Crippen LogP) is 5.68. The first-order valence-electron chi connectivity index (χ1n) is 21.0. The van der Waals surface area contributed by atoms with Gasteiger partial charge in [0.15, 0.2) is 6.54 Å². The van der Waals surface area contributed by atoms with Crippen LogP contribution in [0.25, 0.3) is 10.8 Å². The second kappa shape index (κ2) is 17.3. The third kappa shape index (κ3) is 9.51. The molecular formula is C43H57F3N5O10S+. The van der Waals surface area contributed by atoms with Gasteiger partial charge in [-0.1, -0.05) is 26.0 Å². The van der Waals surface area contributed by atoms with Gasteiger partial charge in [0.2, 0.25) is 33.3 Å². The molecule has 0 radical (unpaired) electrons. The van der Waals surface area contributed by atoms with E-state index in [-0.39, 0.29) is 31.2 Å². The molecule has 7 atom stereocenters. The molecule has 19 heteroatoms. The molecule has 1 aromatic carbocycles. The molecule has 4 aliphatic rings. The van der Waals surface area contributed by atoms with E-state index in [9.17, 15) is 36.0 Å². The highest BCUT2D eigenvalue weighted by atomic mass is 32.2. The van der Waals surface area contributed by atoms with Gasteiger partial charge in [0.05, 0.1) is 37.1 Å². The first-order valence-corrected chi connectivity index (χ1v) is 22.4. The van der Waals surface area contributed by atoms with Gasteiger partial charge in [-0.2, -0.15) is 18.0 Å². The fraction of sp³-hybridized carbons (Fsp3) is 0.628. The Balaban J connectivity index is 1.36. The number of fused-ring (bicyclic) bond motifs is 3. The van der Waals surface area contributed by atoms with Gasteiger partial charge in [0, 0.05) is 23.1 Å². The number of rotatable bonds is 11. The summed E-state index contributed by atoms with van der Waals surface area (Å²) in [5, 5.41) is 4.01. The summed E-state index contributed by atoms with van der Waals surface area (Å²) >= 11 is 0. The Bertz CT molecular complexity index is 2250. The van der Waals surface area contributed by atoms with E-state index in [0.717, 1.165) is 0 Å². The van der Waals surface area contributed by atoms with Crippen LogP contribution in [0.15, 0.2) is 36.5 Å². The quantitative estimate of drug-likeness (QED) is 0.161. The predicted molar refractivity (Wildman–Crippen MR) is 221 cm³/mol. The molecular weight excluding hydrogens is 836 g/mol. The number of benzene rings is 1. The van der Waals surface area contributed by atoms with Crippen molar-refractivity contribution in [2.45, 2.75) is 121 Å². The summed E-state index contributed by atoms with van der Waals surface area (Å²) in [4.78, 5) is 62.6. The van der Waals surface area contributed by atoms with E-state index in [4.69, 9.17) is 18.9 Å². The number of aromatic nitrogens is 1. The number of ether oxygens (including phenoxy) is 4. The molecule has 1 saturated heterocycles. The normalized spacial score (nSPS) is 27.7. The van der Waals surface area contributed by atoms with Gasteiger partial charge in [-0.25, -0.2) is 13.4 Å². The van der Waals surface area contributed by atoms with E-state index in [2.05, 4.69) is 21.7 Å². The van der Waals surface area contributed by atoms with Gasteiger partial charge in [-0.05, 0) is 96.3 Å². The molecule has 62 heavy (non-hydrogen) atoms. The molecule has 0 spiro atoms. The molecule has 4 amide bonds. The fourth-order valence-corrected chi connectivity index (χ4v) is 9.52. The number of hydrogen-bond donors (Lipinski definition) is 2. The zero-order chi connectivity index (χ0) is 45.6. The van der Waals surface area contributed by atoms with Gasteiger partial charge in [-0.3, -0.25) is 19.1 Å². The van der Waals surface area contributed by atoms with Crippen LogP contribution in [-0.4, -0.2) is 114 Å². The topological polar surface area (TPSA) is 183 Å². The highest BCUT2D eigenvalue weighted by Crippen LogP contribution is 2.48. The second-order valence-electron chi connectivity index (χ2n) is 17.9.